The number of hydrogen-bond donors (Lipinski definition) is 1. The van der Waals surface area contributed by atoms with Crippen molar-refractivity contribution in [3.8, 4) is 0 Å². The molecule has 0 radical (unpaired) electrons. The number of halogens is 2. The lowest BCUT2D eigenvalue weighted by molar-refractivity contribution is -0.116. The van der Waals surface area contributed by atoms with Gasteiger partial charge in [0.15, 0.2) is 21.5 Å². The van der Waals surface area contributed by atoms with Gasteiger partial charge in [0.2, 0.25) is 5.91 Å². The van der Waals surface area contributed by atoms with Gasteiger partial charge >= 0.3 is 0 Å². The molecule has 1 aliphatic carbocycles. The highest BCUT2D eigenvalue weighted by Gasteiger charge is 2.30. The molecule has 0 bridgehead atoms. The summed E-state index contributed by atoms with van der Waals surface area (Å²) in [6, 6.07) is 9.78. The van der Waals surface area contributed by atoms with Crippen molar-refractivity contribution in [3.05, 3.63) is 59.7 Å². The van der Waals surface area contributed by atoms with Crippen molar-refractivity contribution < 1.29 is 22.0 Å². The third kappa shape index (κ3) is 4.71. The largest absolute Gasteiger partial charge is 0.326 e. The highest BCUT2D eigenvalue weighted by Crippen LogP contribution is 2.30. The third-order valence-electron chi connectivity index (χ3n) is 4.81. The van der Waals surface area contributed by atoms with Gasteiger partial charge in [0, 0.05) is 12.1 Å². The Morgan fingerprint density at radius 2 is 1.78 bits per heavy atom. The highest BCUT2D eigenvalue weighted by atomic mass is 32.2. The van der Waals surface area contributed by atoms with E-state index in [0.29, 0.717) is 24.1 Å². The summed E-state index contributed by atoms with van der Waals surface area (Å²) < 4.78 is 51.5. The number of hydrogen-bond acceptors (Lipinski definition) is 3. The lowest BCUT2D eigenvalue weighted by atomic mass is 10.1. The molecule has 27 heavy (non-hydrogen) atoms. The Labute approximate surface area is 157 Å². The Balaban J connectivity index is 1.63. The average molecular weight is 393 g/mol. The van der Waals surface area contributed by atoms with Gasteiger partial charge in [0.1, 0.15) is 0 Å². The van der Waals surface area contributed by atoms with Crippen LogP contribution in [-0.4, -0.2) is 19.6 Å². The summed E-state index contributed by atoms with van der Waals surface area (Å²) in [5.74, 6) is -2.20. The molecule has 0 atom stereocenters. The average Bonchev–Trinajstić information content (AvgIpc) is 3.18. The van der Waals surface area contributed by atoms with E-state index in [-0.39, 0.29) is 28.9 Å². The van der Waals surface area contributed by atoms with Crippen molar-refractivity contribution in [2.75, 3.05) is 5.32 Å². The molecule has 3 rings (SSSR count). The van der Waals surface area contributed by atoms with Crippen LogP contribution in [0.4, 0.5) is 14.5 Å². The Hall–Kier alpha value is -2.28. The number of anilines is 1. The number of aryl methyl sites for hydroxylation is 1. The summed E-state index contributed by atoms with van der Waals surface area (Å²) >= 11 is 0. The molecule has 0 spiro atoms. The lowest BCUT2D eigenvalue weighted by Crippen LogP contribution is -2.18. The van der Waals surface area contributed by atoms with Gasteiger partial charge in [-0.25, -0.2) is 17.2 Å². The van der Waals surface area contributed by atoms with E-state index in [1.54, 1.807) is 18.2 Å². The van der Waals surface area contributed by atoms with Crippen LogP contribution in [0.25, 0.3) is 0 Å². The van der Waals surface area contributed by atoms with Gasteiger partial charge in [-0.1, -0.05) is 25.0 Å². The fourth-order valence-electron chi connectivity index (χ4n) is 3.32. The molecule has 144 valence electrons. The Morgan fingerprint density at radius 3 is 2.48 bits per heavy atom. The van der Waals surface area contributed by atoms with Crippen LogP contribution in [0.3, 0.4) is 0 Å². The van der Waals surface area contributed by atoms with Crippen LogP contribution in [0.5, 0.6) is 0 Å². The van der Waals surface area contributed by atoms with Crippen LogP contribution < -0.4 is 5.32 Å². The number of rotatable bonds is 6. The molecule has 4 nitrogen and oxygen atoms in total. The number of carbonyl (C=O) groups excluding carboxylic acids is 1. The molecular weight excluding hydrogens is 372 g/mol. The predicted octanol–water partition coefficient (Wildman–Crippen LogP) is 4.25. The zero-order valence-electron chi connectivity index (χ0n) is 14.8. The van der Waals surface area contributed by atoms with Crippen molar-refractivity contribution in [2.45, 2.75) is 48.7 Å². The van der Waals surface area contributed by atoms with Crippen molar-refractivity contribution >= 4 is 21.4 Å². The van der Waals surface area contributed by atoms with Gasteiger partial charge in [-0.15, -0.1) is 0 Å². The molecule has 7 heteroatoms. The van der Waals surface area contributed by atoms with E-state index in [9.17, 15) is 22.0 Å². The molecule has 0 heterocycles. The van der Waals surface area contributed by atoms with Crippen molar-refractivity contribution in [1.29, 1.82) is 0 Å². The van der Waals surface area contributed by atoms with E-state index in [2.05, 4.69) is 5.32 Å². The Bertz CT molecular complexity index is 938. The molecule has 1 aliphatic rings. The molecular formula is C20H21F2NO3S. The first-order valence-electron chi connectivity index (χ1n) is 8.94. The number of benzene rings is 2. The predicted molar refractivity (Wildman–Crippen MR) is 99.2 cm³/mol. The molecule has 0 unspecified atom stereocenters. The SMILES string of the molecule is O=C(CCc1ccc(F)c(F)c1)Nc1cccc(S(=O)(=O)C2CCCC2)c1. The quantitative estimate of drug-likeness (QED) is 0.798. The minimum absolute atomic E-state index is 0.0741. The smallest absolute Gasteiger partial charge is 0.224 e. The monoisotopic (exact) mass is 393 g/mol. The first kappa shape index (κ1) is 19.5. The van der Waals surface area contributed by atoms with Gasteiger partial charge in [0.25, 0.3) is 0 Å². The molecule has 0 aliphatic heterocycles. The standard InChI is InChI=1S/C20H21F2NO3S/c21-18-10-8-14(12-19(18)22)9-11-20(24)23-15-4-3-7-17(13-15)27(25,26)16-5-1-2-6-16/h3-4,7-8,10,12-13,16H,1-2,5-6,9,11H2,(H,23,24). The van der Waals surface area contributed by atoms with Crippen molar-refractivity contribution in [1.82, 2.24) is 0 Å². The molecule has 1 N–H and O–H groups in total. The molecule has 2 aromatic carbocycles. The van der Waals surface area contributed by atoms with Gasteiger partial charge in [0.05, 0.1) is 10.1 Å². The first-order chi connectivity index (χ1) is 12.9. The summed E-state index contributed by atoms with van der Waals surface area (Å²) in [6.45, 7) is 0. The summed E-state index contributed by atoms with van der Waals surface area (Å²) in [7, 11) is -3.39. The van der Waals surface area contributed by atoms with Crippen LogP contribution >= 0.6 is 0 Å². The summed E-state index contributed by atoms with van der Waals surface area (Å²) in [5, 5.41) is 2.32. The van der Waals surface area contributed by atoms with E-state index >= 15 is 0 Å². The zero-order valence-corrected chi connectivity index (χ0v) is 15.6. The van der Waals surface area contributed by atoms with Crippen LogP contribution in [-0.2, 0) is 21.1 Å². The second-order valence-electron chi connectivity index (χ2n) is 6.78. The van der Waals surface area contributed by atoms with E-state index < -0.39 is 21.5 Å². The molecule has 1 fully saturated rings. The number of carbonyl (C=O) groups is 1. The van der Waals surface area contributed by atoms with Crippen LogP contribution in [0.1, 0.15) is 37.7 Å². The summed E-state index contributed by atoms with van der Waals surface area (Å²) in [4.78, 5) is 12.3. The topological polar surface area (TPSA) is 63.2 Å². The number of nitrogens with one attached hydrogen (secondary N) is 1. The lowest BCUT2D eigenvalue weighted by Gasteiger charge is -2.12. The summed E-state index contributed by atoms with van der Waals surface area (Å²) in [5.41, 5.74) is 0.922. The number of sulfone groups is 1. The third-order valence-corrected chi connectivity index (χ3v) is 7.07. The normalized spacial score (nSPS) is 15.0. The van der Waals surface area contributed by atoms with Crippen LogP contribution in [0.15, 0.2) is 47.4 Å². The van der Waals surface area contributed by atoms with E-state index in [0.717, 1.165) is 25.0 Å². The molecule has 0 saturated heterocycles. The maximum atomic E-state index is 13.2. The number of amides is 1. The molecule has 0 aromatic heterocycles. The van der Waals surface area contributed by atoms with Crippen molar-refractivity contribution in [3.63, 3.8) is 0 Å². The Morgan fingerprint density at radius 1 is 1.04 bits per heavy atom. The fraction of sp³-hybridized carbons (Fsp3) is 0.350. The van der Waals surface area contributed by atoms with Gasteiger partial charge in [-0.05, 0) is 55.2 Å². The Kier molecular flexibility index (Phi) is 5.89. The maximum absolute atomic E-state index is 13.2. The van der Waals surface area contributed by atoms with E-state index in [1.165, 1.54) is 12.1 Å². The van der Waals surface area contributed by atoms with E-state index in [4.69, 9.17) is 0 Å². The van der Waals surface area contributed by atoms with Crippen LogP contribution in [0, 0.1) is 11.6 Å². The van der Waals surface area contributed by atoms with Gasteiger partial charge < -0.3 is 5.32 Å². The van der Waals surface area contributed by atoms with Crippen LogP contribution in [0.2, 0.25) is 0 Å². The minimum Gasteiger partial charge on any atom is -0.326 e. The summed E-state index contributed by atoms with van der Waals surface area (Å²) in [6.07, 6.45) is 3.52. The van der Waals surface area contributed by atoms with Gasteiger partial charge in [-0.2, -0.15) is 0 Å². The molecule has 1 saturated carbocycles. The fourth-order valence-corrected chi connectivity index (χ4v) is 5.22. The van der Waals surface area contributed by atoms with Crippen molar-refractivity contribution in [2.24, 2.45) is 0 Å². The van der Waals surface area contributed by atoms with E-state index in [1.807, 2.05) is 0 Å². The second kappa shape index (κ2) is 8.17. The zero-order chi connectivity index (χ0) is 19.4. The molecule has 2 aromatic rings. The first-order valence-corrected chi connectivity index (χ1v) is 10.5. The second-order valence-corrected chi connectivity index (χ2v) is 9.00. The maximum Gasteiger partial charge on any atom is 0.224 e. The minimum atomic E-state index is -3.39. The molecule has 1 amide bonds. The highest BCUT2D eigenvalue weighted by molar-refractivity contribution is 7.92. The van der Waals surface area contributed by atoms with Gasteiger partial charge in [-0.3, -0.25) is 4.79 Å².